The largest absolute Gasteiger partial charge is 0.314 e. The molecule has 1 nitrogen and oxygen atoms in total. The Morgan fingerprint density at radius 3 is 2.43 bits per heavy atom. The second kappa shape index (κ2) is 1.83. The van der Waals surface area contributed by atoms with Crippen molar-refractivity contribution in [2.45, 2.75) is 26.3 Å². The fourth-order valence-electron chi connectivity index (χ4n) is 0.869. The van der Waals surface area contributed by atoms with Gasteiger partial charge in [-0.05, 0) is 18.9 Å². The van der Waals surface area contributed by atoms with Crippen LogP contribution in [0.25, 0.3) is 0 Å². The first-order valence-corrected chi connectivity index (χ1v) is 3.08. The predicted molar refractivity (Wildman–Crippen MR) is 31.2 cm³/mol. The van der Waals surface area contributed by atoms with Crippen LogP contribution >= 0.6 is 0 Å². The zero-order chi connectivity index (χ0) is 5.28. The van der Waals surface area contributed by atoms with E-state index >= 15 is 0 Å². The van der Waals surface area contributed by atoms with Gasteiger partial charge in [0.05, 0.1) is 0 Å². The molecule has 1 N–H and O–H groups in total. The van der Waals surface area contributed by atoms with E-state index in [0.29, 0.717) is 0 Å². The highest BCUT2D eigenvalue weighted by Gasteiger charge is 2.30. The lowest BCUT2D eigenvalue weighted by atomic mass is 10.5. The molecule has 0 amide bonds. The van der Waals surface area contributed by atoms with E-state index in [-0.39, 0.29) is 0 Å². The third-order valence-corrected chi connectivity index (χ3v) is 1.58. The normalized spacial score (nSPS) is 38.6. The third-order valence-electron chi connectivity index (χ3n) is 1.58. The summed E-state index contributed by atoms with van der Waals surface area (Å²) in [5.74, 6) is 0.958. The molecular formula is C6H13N. The molecule has 42 valence electrons. The molecule has 1 heteroatoms. The van der Waals surface area contributed by atoms with Crippen LogP contribution in [0.15, 0.2) is 0 Å². The summed E-state index contributed by atoms with van der Waals surface area (Å²) in [5.41, 5.74) is 0. The molecule has 0 aromatic heterocycles. The van der Waals surface area contributed by atoms with Gasteiger partial charge in [0.15, 0.2) is 0 Å². The molecule has 1 aliphatic rings. The Morgan fingerprint density at radius 1 is 1.71 bits per heavy atom. The minimum absolute atomic E-state index is 0.866. The molecule has 0 saturated heterocycles. The Morgan fingerprint density at radius 2 is 2.29 bits per heavy atom. The third kappa shape index (κ3) is 1.16. The summed E-state index contributed by atoms with van der Waals surface area (Å²) in [5, 5.41) is 3.37. The second-order valence-electron chi connectivity index (χ2n) is 2.38. The van der Waals surface area contributed by atoms with Gasteiger partial charge in [-0.25, -0.2) is 0 Å². The van der Waals surface area contributed by atoms with Crippen molar-refractivity contribution in [2.24, 2.45) is 5.92 Å². The lowest BCUT2D eigenvalue weighted by Crippen LogP contribution is -2.16. The molecule has 1 rings (SSSR count). The molecule has 1 saturated carbocycles. The second-order valence-corrected chi connectivity index (χ2v) is 2.38. The van der Waals surface area contributed by atoms with E-state index in [1.54, 1.807) is 0 Å². The monoisotopic (exact) mass is 99.1 g/mol. The highest BCUT2D eigenvalue weighted by Crippen LogP contribution is 2.28. The summed E-state index contributed by atoms with van der Waals surface area (Å²) in [6.07, 6.45) is 1.40. The Labute approximate surface area is 45.1 Å². The highest BCUT2D eigenvalue weighted by atomic mass is 14.9. The van der Waals surface area contributed by atoms with Gasteiger partial charge in [0.25, 0.3) is 0 Å². The summed E-state index contributed by atoms with van der Waals surface area (Å²) < 4.78 is 0. The van der Waals surface area contributed by atoms with E-state index in [1.165, 1.54) is 6.42 Å². The Bertz CT molecular complexity index is 61.2. The first kappa shape index (κ1) is 5.10. The zero-order valence-corrected chi connectivity index (χ0v) is 5.07. The summed E-state index contributed by atoms with van der Waals surface area (Å²) in [7, 11) is 0. The van der Waals surface area contributed by atoms with Crippen molar-refractivity contribution in [2.75, 3.05) is 6.54 Å². The minimum Gasteiger partial charge on any atom is -0.314 e. The quantitative estimate of drug-likeness (QED) is 0.544. The minimum atomic E-state index is 0.866. The first-order valence-electron chi connectivity index (χ1n) is 3.08. The van der Waals surface area contributed by atoms with Gasteiger partial charge in [0.1, 0.15) is 0 Å². The van der Waals surface area contributed by atoms with E-state index in [1.807, 2.05) is 0 Å². The smallest absolute Gasteiger partial charge is 0.00962 e. The molecule has 7 heavy (non-hydrogen) atoms. The molecule has 0 heterocycles. The topological polar surface area (TPSA) is 12.0 Å². The van der Waals surface area contributed by atoms with Crippen LogP contribution in [0.3, 0.4) is 0 Å². The SMILES string of the molecule is CCNC1CC1C. The molecule has 1 fully saturated rings. The molecule has 0 bridgehead atoms. The molecule has 0 aromatic carbocycles. The van der Waals surface area contributed by atoms with Crippen molar-refractivity contribution < 1.29 is 0 Å². The summed E-state index contributed by atoms with van der Waals surface area (Å²) in [6.45, 7) is 5.58. The highest BCUT2D eigenvalue weighted by molar-refractivity contribution is 4.88. The van der Waals surface area contributed by atoms with Crippen LogP contribution in [0.2, 0.25) is 0 Å². The maximum absolute atomic E-state index is 3.37. The predicted octanol–water partition coefficient (Wildman–Crippen LogP) is 1.00. The standard InChI is InChI=1S/C6H13N/c1-3-7-6-4-5(6)2/h5-7H,3-4H2,1-2H3. The fraction of sp³-hybridized carbons (Fsp3) is 1.00. The van der Waals surface area contributed by atoms with Gasteiger partial charge in [-0.2, -0.15) is 0 Å². The first-order chi connectivity index (χ1) is 3.34. The number of hydrogen-bond donors (Lipinski definition) is 1. The van der Waals surface area contributed by atoms with E-state index in [9.17, 15) is 0 Å². The van der Waals surface area contributed by atoms with Crippen LogP contribution in [-0.4, -0.2) is 12.6 Å². The van der Waals surface area contributed by atoms with E-state index in [0.717, 1.165) is 18.5 Å². The number of hydrogen-bond acceptors (Lipinski definition) is 1. The van der Waals surface area contributed by atoms with Crippen molar-refractivity contribution in [1.82, 2.24) is 5.32 Å². The molecule has 0 spiro atoms. The summed E-state index contributed by atoms with van der Waals surface area (Å²) in [6, 6.07) is 0.866. The van der Waals surface area contributed by atoms with Gasteiger partial charge < -0.3 is 5.32 Å². The van der Waals surface area contributed by atoms with Gasteiger partial charge in [-0.15, -0.1) is 0 Å². The number of rotatable bonds is 2. The van der Waals surface area contributed by atoms with E-state index in [2.05, 4.69) is 19.2 Å². The summed E-state index contributed by atoms with van der Waals surface area (Å²) in [4.78, 5) is 0. The van der Waals surface area contributed by atoms with Crippen LogP contribution in [0.1, 0.15) is 20.3 Å². The van der Waals surface area contributed by atoms with Crippen LogP contribution in [0.4, 0.5) is 0 Å². The molecule has 2 unspecified atom stereocenters. The van der Waals surface area contributed by atoms with Crippen LogP contribution in [0.5, 0.6) is 0 Å². The van der Waals surface area contributed by atoms with Crippen molar-refractivity contribution in [3.63, 3.8) is 0 Å². The van der Waals surface area contributed by atoms with Crippen molar-refractivity contribution in [3.8, 4) is 0 Å². The van der Waals surface area contributed by atoms with Crippen molar-refractivity contribution >= 4 is 0 Å². The molecule has 2 atom stereocenters. The average Bonchev–Trinajstić information content (AvgIpc) is 2.22. The van der Waals surface area contributed by atoms with E-state index in [4.69, 9.17) is 0 Å². The van der Waals surface area contributed by atoms with Crippen molar-refractivity contribution in [1.29, 1.82) is 0 Å². The average molecular weight is 99.2 g/mol. The zero-order valence-electron chi connectivity index (χ0n) is 5.07. The Hall–Kier alpha value is -0.0400. The lowest BCUT2D eigenvalue weighted by Gasteiger charge is -1.92. The molecule has 0 aliphatic heterocycles. The van der Waals surface area contributed by atoms with Gasteiger partial charge in [0, 0.05) is 6.04 Å². The molecular weight excluding hydrogens is 86.1 g/mol. The lowest BCUT2D eigenvalue weighted by molar-refractivity contribution is 0.680. The van der Waals surface area contributed by atoms with Gasteiger partial charge in [-0.3, -0.25) is 0 Å². The molecule has 1 aliphatic carbocycles. The molecule has 0 radical (unpaired) electrons. The Kier molecular flexibility index (Phi) is 1.33. The van der Waals surface area contributed by atoms with Gasteiger partial charge >= 0.3 is 0 Å². The van der Waals surface area contributed by atoms with Gasteiger partial charge in [-0.1, -0.05) is 13.8 Å². The maximum atomic E-state index is 3.37. The number of nitrogens with one attached hydrogen (secondary N) is 1. The van der Waals surface area contributed by atoms with Crippen LogP contribution < -0.4 is 5.32 Å². The Balaban J connectivity index is 1.98. The van der Waals surface area contributed by atoms with Gasteiger partial charge in [0.2, 0.25) is 0 Å². The van der Waals surface area contributed by atoms with Crippen molar-refractivity contribution in [3.05, 3.63) is 0 Å². The van der Waals surface area contributed by atoms with Crippen LogP contribution in [-0.2, 0) is 0 Å². The van der Waals surface area contributed by atoms with Crippen LogP contribution in [0, 0.1) is 5.92 Å². The maximum Gasteiger partial charge on any atom is 0.00962 e. The van der Waals surface area contributed by atoms with E-state index < -0.39 is 0 Å². The summed E-state index contributed by atoms with van der Waals surface area (Å²) >= 11 is 0. The fourth-order valence-corrected chi connectivity index (χ4v) is 0.869. The molecule has 0 aromatic rings.